The van der Waals surface area contributed by atoms with Crippen molar-refractivity contribution in [2.24, 2.45) is 0 Å². The van der Waals surface area contributed by atoms with Crippen LogP contribution in [0.1, 0.15) is 48.1 Å². The molecule has 1 aliphatic heterocycles. The number of hydrogen-bond donors (Lipinski definition) is 0. The van der Waals surface area contributed by atoms with E-state index in [2.05, 4.69) is 13.8 Å². The van der Waals surface area contributed by atoms with E-state index in [1.807, 2.05) is 12.1 Å². The van der Waals surface area contributed by atoms with E-state index >= 15 is 0 Å². The normalized spacial score (nSPS) is 16.5. The number of amides is 3. The quantitative estimate of drug-likeness (QED) is 0.579. The van der Waals surface area contributed by atoms with E-state index in [0.717, 1.165) is 10.5 Å². The van der Waals surface area contributed by atoms with E-state index in [-0.39, 0.29) is 24.6 Å². The zero-order chi connectivity index (χ0) is 21.3. The van der Waals surface area contributed by atoms with Gasteiger partial charge in [0.15, 0.2) is 5.76 Å². The summed E-state index contributed by atoms with van der Waals surface area (Å²) < 4.78 is 10.6. The van der Waals surface area contributed by atoms with E-state index in [1.165, 1.54) is 23.5 Å². The minimum atomic E-state index is -0.940. The number of carbonyl (C=O) groups excluding carboxylic acids is 3. The maximum atomic E-state index is 13.2. The summed E-state index contributed by atoms with van der Waals surface area (Å²) in [6, 6.07) is 12.9. The molecule has 1 unspecified atom stereocenters. The van der Waals surface area contributed by atoms with Crippen LogP contribution in [0.2, 0.25) is 0 Å². The number of nitrogens with zero attached hydrogens (tertiary/aromatic N) is 2. The highest BCUT2D eigenvalue weighted by Crippen LogP contribution is 2.29. The molecule has 0 spiro atoms. The van der Waals surface area contributed by atoms with Gasteiger partial charge in [0.2, 0.25) is 5.91 Å². The van der Waals surface area contributed by atoms with E-state index in [0.29, 0.717) is 17.4 Å². The molecule has 3 heterocycles. The van der Waals surface area contributed by atoms with Crippen molar-refractivity contribution in [1.82, 2.24) is 4.90 Å². The zero-order valence-corrected chi connectivity index (χ0v) is 16.8. The average Bonchev–Trinajstić information content (AvgIpc) is 3.48. The summed E-state index contributed by atoms with van der Waals surface area (Å²) in [4.78, 5) is 41.5. The van der Waals surface area contributed by atoms with E-state index in [1.54, 1.807) is 30.3 Å². The fourth-order valence-corrected chi connectivity index (χ4v) is 3.57. The molecule has 1 aliphatic rings. The molecule has 0 N–H and O–H groups in total. The first kappa shape index (κ1) is 19.7. The first-order chi connectivity index (χ1) is 14.5. The fourth-order valence-electron chi connectivity index (χ4n) is 3.57. The van der Waals surface area contributed by atoms with Crippen molar-refractivity contribution < 1.29 is 23.2 Å². The standard InChI is InChI=1S/C23H22N2O5/c1-15(2)16-7-9-17(10-8-16)25-21(26)13-19(22(25)27)24(14-18-5-3-11-29-18)23(28)20-6-4-12-30-20/h3-12,15,19H,13-14H2,1-2H3. The summed E-state index contributed by atoms with van der Waals surface area (Å²) >= 11 is 0. The lowest BCUT2D eigenvalue weighted by molar-refractivity contribution is -0.122. The highest BCUT2D eigenvalue weighted by Gasteiger charge is 2.45. The van der Waals surface area contributed by atoms with Gasteiger partial charge in [0, 0.05) is 0 Å². The summed E-state index contributed by atoms with van der Waals surface area (Å²) in [5.74, 6) is -0.315. The van der Waals surface area contributed by atoms with Crippen LogP contribution in [0.15, 0.2) is 69.9 Å². The molecule has 0 saturated carbocycles. The summed E-state index contributed by atoms with van der Waals surface area (Å²) in [5, 5.41) is 0. The van der Waals surface area contributed by atoms with Crippen LogP contribution in [0, 0.1) is 0 Å². The molecule has 4 rings (SSSR count). The van der Waals surface area contributed by atoms with Crippen LogP contribution in [0.25, 0.3) is 0 Å². The van der Waals surface area contributed by atoms with Crippen molar-refractivity contribution in [3.63, 3.8) is 0 Å². The summed E-state index contributed by atoms with van der Waals surface area (Å²) in [5.41, 5.74) is 1.61. The Morgan fingerprint density at radius 1 is 1.07 bits per heavy atom. The Labute approximate surface area is 173 Å². The molecule has 7 heteroatoms. The van der Waals surface area contributed by atoms with Gasteiger partial charge < -0.3 is 13.7 Å². The Bertz CT molecular complexity index is 1040. The van der Waals surface area contributed by atoms with Crippen LogP contribution in [-0.2, 0) is 16.1 Å². The highest BCUT2D eigenvalue weighted by atomic mass is 16.3. The Hall–Kier alpha value is -3.61. The van der Waals surface area contributed by atoms with E-state index < -0.39 is 17.9 Å². The second-order valence-electron chi connectivity index (χ2n) is 7.52. The molecule has 0 aliphatic carbocycles. The SMILES string of the molecule is CC(C)c1ccc(N2C(=O)CC(N(Cc3ccco3)C(=O)c3ccco3)C2=O)cc1. The van der Waals surface area contributed by atoms with Crippen molar-refractivity contribution >= 4 is 23.4 Å². The van der Waals surface area contributed by atoms with Crippen molar-refractivity contribution in [2.45, 2.75) is 38.8 Å². The fraction of sp³-hybridized carbons (Fsp3) is 0.261. The topological polar surface area (TPSA) is 84.0 Å². The molecular weight excluding hydrogens is 384 g/mol. The summed E-state index contributed by atoms with van der Waals surface area (Å²) in [6.45, 7) is 4.20. The molecule has 1 atom stereocenters. The lowest BCUT2D eigenvalue weighted by atomic mass is 10.0. The van der Waals surface area contributed by atoms with Crippen molar-refractivity contribution in [1.29, 1.82) is 0 Å². The third-order valence-corrected chi connectivity index (χ3v) is 5.22. The molecule has 0 bridgehead atoms. The molecule has 30 heavy (non-hydrogen) atoms. The number of carbonyl (C=O) groups is 3. The Morgan fingerprint density at radius 3 is 2.37 bits per heavy atom. The van der Waals surface area contributed by atoms with Crippen LogP contribution < -0.4 is 4.90 Å². The first-order valence-corrected chi connectivity index (χ1v) is 9.79. The molecule has 2 aromatic heterocycles. The number of hydrogen-bond acceptors (Lipinski definition) is 5. The number of rotatable bonds is 6. The van der Waals surface area contributed by atoms with Gasteiger partial charge in [-0.1, -0.05) is 26.0 Å². The van der Waals surface area contributed by atoms with Gasteiger partial charge in [-0.25, -0.2) is 4.90 Å². The van der Waals surface area contributed by atoms with E-state index in [4.69, 9.17) is 8.83 Å². The Morgan fingerprint density at radius 2 is 1.77 bits per heavy atom. The predicted octanol–water partition coefficient (Wildman–Crippen LogP) is 3.97. The van der Waals surface area contributed by atoms with Gasteiger partial charge in [0.25, 0.3) is 11.8 Å². The minimum Gasteiger partial charge on any atom is -0.467 e. The van der Waals surface area contributed by atoms with Gasteiger partial charge in [0.1, 0.15) is 11.8 Å². The maximum Gasteiger partial charge on any atom is 0.290 e. The van der Waals surface area contributed by atoms with Crippen molar-refractivity contribution in [3.8, 4) is 0 Å². The second kappa shape index (κ2) is 8.02. The third kappa shape index (κ3) is 3.66. The number of furan rings is 2. The minimum absolute atomic E-state index is 0.0519. The van der Waals surface area contributed by atoms with E-state index in [9.17, 15) is 14.4 Å². The third-order valence-electron chi connectivity index (χ3n) is 5.22. The number of imide groups is 1. The van der Waals surface area contributed by atoms with Crippen LogP contribution in [0.5, 0.6) is 0 Å². The summed E-state index contributed by atoms with van der Waals surface area (Å²) in [6.07, 6.45) is 2.79. The van der Waals surface area contributed by atoms with Crippen molar-refractivity contribution in [2.75, 3.05) is 4.90 Å². The average molecular weight is 406 g/mol. The predicted molar refractivity (Wildman–Crippen MR) is 109 cm³/mol. The van der Waals surface area contributed by atoms with Crippen molar-refractivity contribution in [3.05, 3.63) is 78.1 Å². The number of benzene rings is 1. The molecule has 3 amide bonds. The van der Waals surface area contributed by atoms with Gasteiger partial charge in [-0.05, 0) is 47.9 Å². The van der Waals surface area contributed by atoms with Crippen LogP contribution >= 0.6 is 0 Å². The molecule has 1 saturated heterocycles. The lowest BCUT2D eigenvalue weighted by Crippen LogP contribution is -2.45. The Balaban J connectivity index is 1.63. The Kier molecular flexibility index (Phi) is 5.27. The molecule has 1 fully saturated rings. The van der Waals surface area contributed by atoms with Gasteiger partial charge in [-0.15, -0.1) is 0 Å². The molecule has 1 aromatic carbocycles. The smallest absolute Gasteiger partial charge is 0.290 e. The first-order valence-electron chi connectivity index (χ1n) is 9.79. The van der Waals surface area contributed by atoms with Gasteiger partial charge >= 0.3 is 0 Å². The molecule has 3 aromatic rings. The highest BCUT2D eigenvalue weighted by molar-refractivity contribution is 6.23. The molecule has 7 nitrogen and oxygen atoms in total. The maximum absolute atomic E-state index is 13.2. The molecule has 0 radical (unpaired) electrons. The monoisotopic (exact) mass is 406 g/mol. The van der Waals surface area contributed by atoms with Crippen LogP contribution in [0.3, 0.4) is 0 Å². The largest absolute Gasteiger partial charge is 0.467 e. The second-order valence-corrected chi connectivity index (χ2v) is 7.52. The van der Waals surface area contributed by atoms with Gasteiger partial charge in [0.05, 0.1) is 31.2 Å². The lowest BCUT2D eigenvalue weighted by Gasteiger charge is -2.26. The van der Waals surface area contributed by atoms with Crippen LogP contribution in [-0.4, -0.2) is 28.7 Å². The molecular formula is C23H22N2O5. The molecule has 154 valence electrons. The van der Waals surface area contributed by atoms with Gasteiger partial charge in [-0.2, -0.15) is 0 Å². The summed E-state index contributed by atoms with van der Waals surface area (Å²) in [7, 11) is 0. The van der Waals surface area contributed by atoms with Gasteiger partial charge in [-0.3, -0.25) is 14.4 Å². The van der Waals surface area contributed by atoms with Crippen LogP contribution in [0.4, 0.5) is 5.69 Å². The zero-order valence-electron chi connectivity index (χ0n) is 16.8. The number of anilines is 1.